The van der Waals surface area contributed by atoms with Crippen molar-refractivity contribution in [3.05, 3.63) is 54.1 Å². The molecule has 1 aromatic carbocycles. The van der Waals surface area contributed by atoms with Gasteiger partial charge < -0.3 is 14.8 Å². The number of guanidine groups is 1. The third kappa shape index (κ3) is 4.16. The summed E-state index contributed by atoms with van der Waals surface area (Å²) < 4.78 is 2.19. The van der Waals surface area contributed by atoms with Gasteiger partial charge >= 0.3 is 0 Å². The third-order valence-corrected chi connectivity index (χ3v) is 4.57. The van der Waals surface area contributed by atoms with Gasteiger partial charge in [0.15, 0.2) is 5.96 Å². The molecule has 128 valence electrons. The maximum atomic E-state index is 4.51. The SMILES string of the molecule is CN=C(NCc1nccn1Cc1ccccc1)N1CCCC(C)C1. The van der Waals surface area contributed by atoms with Crippen molar-refractivity contribution < 1.29 is 0 Å². The van der Waals surface area contributed by atoms with E-state index in [1.54, 1.807) is 0 Å². The molecule has 24 heavy (non-hydrogen) atoms. The van der Waals surface area contributed by atoms with Crippen molar-refractivity contribution in [1.29, 1.82) is 0 Å². The summed E-state index contributed by atoms with van der Waals surface area (Å²) in [7, 11) is 1.86. The van der Waals surface area contributed by atoms with Crippen LogP contribution in [-0.4, -0.2) is 40.5 Å². The third-order valence-electron chi connectivity index (χ3n) is 4.57. The van der Waals surface area contributed by atoms with Gasteiger partial charge in [-0.2, -0.15) is 0 Å². The average Bonchev–Trinajstić information content (AvgIpc) is 3.04. The zero-order valence-corrected chi connectivity index (χ0v) is 14.7. The van der Waals surface area contributed by atoms with Crippen LogP contribution in [0.15, 0.2) is 47.7 Å². The number of benzene rings is 1. The first-order valence-corrected chi connectivity index (χ1v) is 8.76. The van der Waals surface area contributed by atoms with Crippen LogP contribution in [-0.2, 0) is 13.1 Å². The molecule has 1 fully saturated rings. The van der Waals surface area contributed by atoms with Gasteiger partial charge in [-0.1, -0.05) is 37.3 Å². The smallest absolute Gasteiger partial charge is 0.194 e. The molecule has 3 rings (SSSR count). The predicted molar refractivity (Wildman–Crippen MR) is 97.9 cm³/mol. The second-order valence-corrected chi connectivity index (χ2v) is 6.55. The van der Waals surface area contributed by atoms with E-state index in [0.29, 0.717) is 6.54 Å². The first-order chi connectivity index (χ1) is 11.8. The number of aliphatic imine (C=N–C) groups is 1. The van der Waals surface area contributed by atoms with Gasteiger partial charge in [-0.05, 0) is 24.3 Å². The van der Waals surface area contributed by atoms with Gasteiger partial charge in [0.1, 0.15) is 5.82 Å². The van der Waals surface area contributed by atoms with Crippen molar-refractivity contribution in [2.75, 3.05) is 20.1 Å². The molecule has 5 heteroatoms. The van der Waals surface area contributed by atoms with E-state index in [0.717, 1.165) is 37.3 Å². The number of likely N-dealkylation sites (tertiary alicyclic amines) is 1. The van der Waals surface area contributed by atoms with E-state index < -0.39 is 0 Å². The minimum Gasteiger partial charge on any atom is -0.349 e. The summed E-state index contributed by atoms with van der Waals surface area (Å²) in [6, 6.07) is 10.5. The number of nitrogens with one attached hydrogen (secondary N) is 1. The number of rotatable bonds is 4. The van der Waals surface area contributed by atoms with Crippen LogP contribution in [0.1, 0.15) is 31.2 Å². The van der Waals surface area contributed by atoms with Gasteiger partial charge in [-0.25, -0.2) is 4.98 Å². The first kappa shape index (κ1) is 16.6. The average molecular weight is 325 g/mol. The molecular formula is C19H27N5. The Morgan fingerprint density at radius 3 is 2.92 bits per heavy atom. The molecule has 1 aliphatic rings. The Morgan fingerprint density at radius 1 is 1.33 bits per heavy atom. The highest BCUT2D eigenvalue weighted by atomic mass is 15.3. The number of nitrogens with zero attached hydrogens (tertiary/aromatic N) is 4. The van der Waals surface area contributed by atoms with Crippen molar-refractivity contribution >= 4 is 5.96 Å². The van der Waals surface area contributed by atoms with E-state index in [1.807, 2.05) is 25.5 Å². The standard InChI is InChI=1S/C19H27N5/c1-16-7-6-11-24(14-16)19(20-2)22-13-18-21-10-12-23(18)15-17-8-4-3-5-9-17/h3-5,8-10,12,16H,6-7,11,13-15H2,1-2H3,(H,20,22). The fourth-order valence-electron chi connectivity index (χ4n) is 3.30. The summed E-state index contributed by atoms with van der Waals surface area (Å²) >= 11 is 0. The van der Waals surface area contributed by atoms with E-state index in [9.17, 15) is 0 Å². The van der Waals surface area contributed by atoms with Gasteiger partial charge in [-0.15, -0.1) is 0 Å². The van der Waals surface area contributed by atoms with Gasteiger partial charge in [-0.3, -0.25) is 4.99 Å². The highest BCUT2D eigenvalue weighted by molar-refractivity contribution is 5.79. The van der Waals surface area contributed by atoms with Crippen molar-refractivity contribution in [3.8, 4) is 0 Å². The summed E-state index contributed by atoms with van der Waals surface area (Å²) in [6.07, 6.45) is 6.46. The van der Waals surface area contributed by atoms with E-state index in [2.05, 4.69) is 55.9 Å². The molecule has 1 N–H and O–H groups in total. The number of piperidine rings is 1. The van der Waals surface area contributed by atoms with Crippen LogP contribution in [0.5, 0.6) is 0 Å². The lowest BCUT2D eigenvalue weighted by Gasteiger charge is -2.33. The van der Waals surface area contributed by atoms with Crippen LogP contribution in [0.25, 0.3) is 0 Å². The Labute approximate surface area is 144 Å². The summed E-state index contributed by atoms with van der Waals surface area (Å²) in [6.45, 7) is 6.02. The molecule has 0 radical (unpaired) electrons. The van der Waals surface area contributed by atoms with E-state index in [1.165, 1.54) is 18.4 Å². The van der Waals surface area contributed by atoms with E-state index in [-0.39, 0.29) is 0 Å². The Kier molecular flexibility index (Phi) is 5.51. The minimum atomic E-state index is 0.692. The van der Waals surface area contributed by atoms with E-state index in [4.69, 9.17) is 0 Å². The van der Waals surface area contributed by atoms with Crippen LogP contribution >= 0.6 is 0 Å². The zero-order chi connectivity index (χ0) is 16.8. The molecule has 0 saturated carbocycles. The number of imidazole rings is 1. The second kappa shape index (κ2) is 7.99. The van der Waals surface area contributed by atoms with Crippen LogP contribution in [0, 0.1) is 5.92 Å². The summed E-state index contributed by atoms with van der Waals surface area (Å²) in [5.41, 5.74) is 1.28. The monoisotopic (exact) mass is 325 g/mol. The lowest BCUT2D eigenvalue weighted by Crippen LogP contribution is -2.46. The number of hydrogen-bond donors (Lipinski definition) is 1. The molecule has 5 nitrogen and oxygen atoms in total. The minimum absolute atomic E-state index is 0.692. The molecule has 1 atom stereocenters. The van der Waals surface area contributed by atoms with Crippen LogP contribution in [0.4, 0.5) is 0 Å². The van der Waals surface area contributed by atoms with Gasteiger partial charge in [0.05, 0.1) is 6.54 Å². The molecule has 0 spiro atoms. The van der Waals surface area contributed by atoms with Crippen molar-refractivity contribution in [2.45, 2.75) is 32.9 Å². The van der Waals surface area contributed by atoms with Gasteiger partial charge in [0, 0.05) is 39.1 Å². The normalized spacial score (nSPS) is 18.7. The van der Waals surface area contributed by atoms with Crippen molar-refractivity contribution in [1.82, 2.24) is 19.8 Å². The predicted octanol–water partition coefficient (Wildman–Crippen LogP) is 2.74. The second-order valence-electron chi connectivity index (χ2n) is 6.55. The molecule has 0 bridgehead atoms. The first-order valence-electron chi connectivity index (χ1n) is 8.76. The molecule has 2 aromatic rings. The highest BCUT2D eigenvalue weighted by Gasteiger charge is 2.19. The fraction of sp³-hybridized carbons (Fsp3) is 0.474. The molecule has 0 aliphatic carbocycles. The molecule has 1 unspecified atom stereocenters. The van der Waals surface area contributed by atoms with Crippen LogP contribution < -0.4 is 5.32 Å². The largest absolute Gasteiger partial charge is 0.349 e. The van der Waals surface area contributed by atoms with Crippen LogP contribution in [0.2, 0.25) is 0 Å². The molecule has 0 amide bonds. The fourth-order valence-corrected chi connectivity index (χ4v) is 3.30. The Bertz CT molecular complexity index is 661. The van der Waals surface area contributed by atoms with E-state index >= 15 is 0 Å². The Hall–Kier alpha value is -2.30. The lowest BCUT2D eigenvalue weighted by atomic mass is 10.0. The highest BCUT2D eigenvalue weighted by Crippen LogP contribution is 2.15. The molecule has 1 saturated heterocycles. The topological polar surface area (TPSA) is 45.5 Å². The maximum Gasteiger partial charge on any atom is 0.194 e. The summed E-state index contributed by atoms with van der Waals surface area (Å²) in [5.74, 6) is 2.75. The number of hydrogen-bond acceptors (Lipinski definition) is 2. The van der Waals surface area contributed by atoms with Crippen molar-refractivity contribution in [3.63, 3.8) is 0 Å². The Morgan fingerprint density at radius 2 is 2.17 bits per heavy atom. The van der Waals surface area contributed by atoms with Crippen molar-refractivity contribution in [2.24, 2.45) is 10.9 Å². The van der Waals surface area contributed by atoms with Gasteiger partial charge in [0.2, 0.25) is 0 Å². The molecule has 1 aliphatic heterocycles. The molecular weight excluding hydrogens is 298 g/mol. The molecule has 2 heterocycles. The molecule has 1 aromatic heterocycles. The summed E-state index contributed by atoms with van der Waals surface area (Å²) in [4.78, 5) is 11.3. The zero-order valence-electron chi connectivity index (χ0n) is 14.7. The van der Waals surface area contributed by atoms with Crippen LogP contribution in [0.3, 0.4) is 0 Å². The van der Waals surface area contributed by atoms with Gasteiger partial charge in [0.25, 0.3) is 0 Å². The quantitative estimate of drug-likeness (QED) is 0.694. The Balaban J connectivity index is 1.61. The maximum absolute atomic E-state index is 4.51. The summed E-state index contributed by atoms with van der Waals surface area (Å²) in [5, 5.41) is 3.48. The number of aromatic nitrogens is 2. The lowest BCUT2D eigenvalue weighted by molar-refractivity contribution is 0.265.